The summed E-state index contributed by atoms with van der Waals surface area (Å²) in [6, 6.07) is -0.998. The molecule has 0 fully saturated rings. The maximum Gasteiger partial charge on any atom is 0.249 e. The fourth-order valence-electron chi connectivity index (χ4n) is 6.81. The van der Waals surface area contributed by atoms with Crippen molar-refractivity contribution < 1.29 is 25.2 Å². The van der Waals surface area contributed by atoms with E-state index >= 15 is 0 Å². The van der Waals surface area contributed by atoms with Gasteiger partial charge in [-0.15, -0.1) is 0 Å². The average molecular weight is 722 g/mol. The average Bonchev–Trinajstić information content (AvgIpc) is 3.13. The molecule has 0 aliphatic rings. The highest BCUT2D eigenvalue weighted by atomic mass is 16.3. The van der Waals surface area contributed by atoms with Gasteiger partial charge < -0.3 is 25.7 Å². The second-order valence-electron chi connectivity index (χ2n) is 15.4. The Labute approximate surface area is 316 Å². The molecule has 4 atom stereocenters. The highest BCUT2D eigenvalue weighted by Crippen LogP contribution is 2.16. The van der Waals surface area contributed by atoms with Crippen LogP contribution in [0.3, 0.4) is 0 Å². The van der Waals surface area contributed by atoms with Gasteiger partial charge >= 0.3 is 0 Å². The number of rotatable bonds is 40. The van der Waals surface area contributed by atoms with Gasteiger partial charge in [0, 0.05) is 0 Å². The van der Waals surface area contributed by atoms with E-state index in [9.17, 15) is 25.2 Å². The fraction of sp³-hybridized carbons (Fsp3) is 0.889. The van der Waals surface area contributed by atoms with Crippen LogP contribution in [0.5, 0.6) is 0 Å². The van der Waals surface area contributed by atoms with Crippen molar-refractivity contribution in [3.05, 3.63) is 24.3 Å². The second kappa shape index (κ2) is 40.0. The minimum absolute atomic E-state index is 0.362. The molecule has 0 aliphatic carbocycles. The van der Waals surface area contributed by atoms with Gasteiger partial charge in [0.25, 0.3) is 0 Å². The SMILES string of the molecule is CCCCCC/C=C/CCCC(O)C(O)C(CO)NC(=O)C(O)CCCCCCCCCCCC/C=C\CCCCCCCCCCCCCC. The van der Waals surface area contributed by atoms with Crippen LogP contribution in [0, 0.1) is 0 Å². The zero-order valence-corrected chi connectivity index (χ0v) is 33.9. The van der Waals surface area contributed by atoms with Gasteiger partial charge in [-0.3, -0.25) is 4.79 Å². The zero-order valence-electron chi connectivity index (χ0n) is 33.9. The molecule has 6 heteroatoms. The standard InChI is InChI=1S/C45H87NO5/c1-3-5-7-9-11-13-14-15-16-17-18-19-20-21-22-23-24-25-26-27-28-29-31-33-35-37-39-43(49)45(51)46-41(40-47)44(50)42(48)38-36-34-32-30-12-10-8-6-4-2/h21-22,30,32,41-44,47-50H,3-20,23-29,31,33-40H2,1-2H3,(H,46,51)/b22-21-,32-30+. The first kappa shape index (κ1) is 49.8. The predicted octanol–water partition coefficient (Wildman–Crippen LogP) is 11.6. The smallest absolute Gasteiger partial charge is 0.249 e. The topological polar surface area (TPSA) is 110 Å². The number of allylic oxidation sites excluding steroid dienone is 4. The molecule has 0 spiro atoms. The summed E-state index contributed by atoms with van der Waals surface area (Å²) in [6.07, 6.45) is 45.2. The van der Waals surface area contributed by atoms with Crippen LogP contribution in [0.4, 0.5) is 0 Å². The van der Waals surface area contributed by atoms with E-state index in [1.807, 2.05) is 0 Å². The summed E-state index contributed by atoms with van der Waals surface area (Å²) in [6.45, 7) is 3.99. The summed E-state index contributed by atoms with van der Waals surface area (Å²) in [4.78, 5) is 12.5. The molecule has 51 heavy (non-hydrogen) atoms. The van der Waals surface area contributed by atoms with E-state index < -0.39 is 36.9 Å². The first-order chi connectivity index (χ1) is 25.0. The Kier molecular flexibility index (Phi) is 39.0. The molecule has 0 radical (unpaired) electrons. The van der Waals surface area contributed by atoms with E-state index in [0.29, 0.717) is 12.8 Å². The molecule has 0 saturated carbocycles. The summed E-state index contributed by atoms with van der Waals surface area (Å²) in [5.74, 6) is -0.596. The minimum atomic E-state index is -1.28. The lowest BCUT2D eigenvalue weighted by molar-refractivity contribution is -0.132. The normalized spacial score (nSPS) is 14.4. The van der Waals surface area contributed by atoms with Crippen LogP contribution in [-0.4, -0.2) is 57.3 Å². The van der Waals surface area contributed by atoms with Crippen LogP contribution in [0.1, 0.15) is 226 Å². The van der Waals surface area contributed by atoms with Crippen molar-refractivity contribution in [2.24, 2.45) is 0 Å². The van der Waals surface area contributed by atoms with Crippen molar-refractivity contribution in [2.45, 2.75) is 250 Å². The van der Waals surface area contributed by atoms with Gasteiger partial charge in [0.15, 0.2) is 0 Å². The monoisotopic (exact) mass is 722 g/mol. The quantitative estimate of drug-likeness (QED) is 0.0320. The third-order valence-corrected chi connectivity index (χ3v) is 10.4. The van der Waals surface area contributed by atoms with Gasteiger partial charge in [-0.2, -0.15) is 0 Å². The number of aliphatic hydroxyl groups excluding tert-OH is 4. The van der Waals surface area contributed by atoms with Crippen molar-refractivity contribution in [3.8, 4) is 0 Å². The molecule has 0 aromatic heterocycles. The molecule has 6 nitrogen and oxygen atoms in total. The van der Waals surface area contributed by atoms with Crippen LogP contribution in [0.2, 0.25) is 0 Å². The Hall–Kier alpha value is -1.21. The van der Waals surface area contributed by atoms with Crippen molar-refractivity contribution >= 4 is 5.91 Å². The van der Waals surface area contributed by atoms with Gasteiger partial charge in [0.05, 0.1) is 18.8 Å². The molecule has 0 heterocycles. The lowest BCUT2D eigenvalue weighted by Gasteiger charge is -2.27. The lowest BCUT2D eigenvalue weighted by Crippen LogP contribution is -2.53. The third kappa shape index (κ3) is 34.3. The van der Waals surface area contributed by atoms with Crippen LogP contribution in [-0.2, 0) is 4.79 Å². The number of hydrogen-bond acceptors (Lipinski definition) is 5. The van der Waals surface area contributed by atoms with Gasteiger partial charge in [0.1, 0.15) is 12.2 Å². The molecular weight excluding hydrogens is 634 g/mol. The Morgan fingerprint density at radius 2 is 0.804 bits per heavy atom. The van der Waals surface area contributed by atoms with Gasteiger partial charge in [0.2, 0.25) is 5.91 Å². The van der Waals surface area contributed by atoms with Crippen molar-refractivity contribution in [3.63, 3.8) is 0 Å². The summed E-state index contributed by atoms with van der Waals surface area (Å²) < 4.78 is 0. The van der Waals surface area contributed by atoms with Gasteiger partial charge in [-0.25, -0.2) is 0 Å². The first-order valence-electron chi connectivity index (χ1n) is 22.2. The van der Waals surface area contributed by atoms with E-state index in [0.717, 1.165) is 38.5 Å². The number of nitrogens with one attached hydrogen (secondary N) is 1. The van der Waals surface area contributed by atoms with Crippen molar-refractivity contribution in [2.75, 3.05) is 6.61 Å². The third-order valence-electron chi connectivity index (χ3n) is 10.4. The Bertz CT molecular complexity index is 772. The highest BCUT2D eigenvalue weighted by molar-refractivity contribution is 5.80. The maximum absolute atomic E-state index is 12.5. The van der Waals surface area contributed by atoms with E-state index in [4.69, 9.17) is 0 Å². The molecule has 5 N–H and O–H groups in total. The Morgan fingerprint density at radius 3 is 1.20 bits per heavy atom. The van der Waals surface area contributed by atoms with Crippen molar-refractivity contribution in [1.82, 2.24) is 5.32 Å². The second-order valence-corrected chi connectivity index (χ2v) is 15.4. The number of amides is 1. The van der Waals surface area contributed by atoms with Crippen LogP contribution in [0.15, 0.2) is 24.3 Å². The Balaban J connectivity index is 3.64. The molecule has 4 unspecified atom stereocenters. The molecular formula is C45H87NO5. The molecule has 0 rings (SSSR count). The Morgan fingerprint density at radius 1 is 0.471 bits per heavy atom. The van der Waals surface area contributed by atoms with Crippen LogP contribution < -0.4 is 5.32 Å². The fourth-order valence-corrected chi connectivity index (χ4v) is 6.81. The van der Waals surface area contributed by atoms with E-state index in [1.54, 1.807) is 0 Å². The number of carbonyl (C=O) groups excluding carboxylic acids is 1. The maximum atomic E-state index is 12.5. The predicted molar refractivity (Wildman–Crippen MR) is 219 cm³/mol. The number of hydrogen-bond donors (Lipinski definition) is 5. The van der Waals surface area contributed by atoms with Gasteiger partial charge in [-0.05, 0) is 64.2 Å². The largest absolute Gasteiger partial charge is 0.394 e. The summed E-state index contributed by atoms with van der Waals surface area (Å²) in [5.41, 5.74) is 0. The summed E-state index contributed by atoms with van der Waals surface area (Å²) in [5, 5.41) is 43.4. The minimum Gasteiger partial charge on any atom is -0.394 e. The molecule has 0 saturated heterocycles. The summed E-state index contributed by atoms with van der Waals surface area (Å²) >= 11 is 0. The molecule has 0 aromatic rings. The van der Waals surface area contributed by atoms with E-state index in [2.05, 4.69) is 43.5 Å². The van der Waals surface area contributed by atoms with E-state index in [1.165, 1.54) is 161 Å². The number of carbonyl (C=O) groups is 1. The number of aliphatic hydroxyl groups is 4. The molecule has 302 valence electrons. The highest BCUT2D eigenvalue weighted by Gasteiger charge is 2.28. The summed E-state index contributed by atoms with van der Waals surface area (Å²) in [7, 11) is 0. The first-order valence-corrected chi connectivity index (χ1v) is 22.2. The molecule has 0 aromatic carbocycles. The van der Waals surface area contributed by atoms with Gasteiger partial charge in [-0.1, -0.05) is 186 Å². The lowest BCUT2D eigenvalue weighted by atomic mass is 10.00. The van der Waals surface area contributed by atoms with Crippen LogP contribution in [0.25, 0.3) is 0 Å². The number of unbranched alkanes of at least 4 members (excludes halogenated alkanes) is 27. The molecule has 1 amide bonds. The van der Waals surface area contributed by atoms with Crippen molar-refractivity contribution in [1.29, 1.82) is 0 Å². The molecule has 0 aliphatic heterocycles. The van der Waals surface area contributed by atoms with E-state index in [-0.39, 0.29) is 0 Å². The zero-order chi connectivity index (χ0) is 37.5. The molecule has 0 bridgehead atoms. The van der Waals surface area contributed by atoms with Crippen LogP contribution >= 0.6 is 0 Å².